The number of aromatic nitrogens is 2. The third-order valence-corrected chi connectivity index (χ3v) is 5.25. The Morgan fingerprint density at radius 3 is 2.96 bits per heavy atom. The molecule has 0 bridgehead atoms. The number of halogens is 1. The van der Waals surface area contributed by atoms with Crippen LogP contribution in [0.1, 0.15) is 38.5 Å². The lowest BCUT2D eigenvalue weighted by Crippen LogP contribution is -2.33. The first-order chi connectivity index (χ1) is 13.1. The number of para-hydroxylation sites is 1. The Balaban J connectivity index is 1.58. The van der Waals surface area contributed by atoms with Crippen molar-refractivity contribution in [2.75, 3.05) is 13.6 Å². The number of hydrogen-bond donors (Lipinski definition) is 0. The molecule has 0 saturated heterocycles. The van der Waals surface area contributed by atoms with Gasteiger partial charge in [0.05, 0.1) is 10.9 Å². The van der Waals surface area contributed by atoms with Crippen LogP contribution in [0.15, 0.2) is 36.9 Å². The van der Waals surface area contributed by atoms with Crippen LogP contribution < -0.4 is 4.74 Å². The van der Waals surface area contributed by atoms with Gasteiger partial charge < -0.3 is 9.64 Å². The molecule has 1 fully saturated rings. The fourth-order valence-corrected chi connectivity index (χ4v) is 3.77. The summed E-state index contributed by atoms with van der Waals surface area (Å²) in [5.74, 6) is 0.731. The van der Waals surface area contributed by atoms with Gasteiger partial charge in [0.1, 0.15) is 6.10 Å². The van der Waals surface area contributed by atoms with Crippen LogP contribution in [0.25, 0.3) is 10.9 Å². The minimum Gasteiger partial charge on any atom is -0.474 e. The summed E-state index contributed by atoms with van der Waals surface area (Å²) in [6.45, 7) is 4.52. The van der Waals surface area contributed by atoms with Crippen LogP contribution in [0.5, 0.6) is 5.88 Å². The van der Waals surface area contributed by atoms with E-state index in [2.05, 4.69) is 16.5 Å². The summed E-state index contributed by atoms with van der Waals surface area (Å²) in [7, 11) is 1.89. The van der Waals surface area contributed by atoms with E-state index in [1.165, 1.54) is 0 Å². The molecule has 1 heterocycles. The van der Waals surface area contributed by atoms with Gasteiger partial charge in [-0.25, -0.2) is 4.98 Å². The monoisotopic (exact) mass is 387 g/mol. The van der Waals surface area contributed by atoms with Crippen molar-refractivity contribution in [3.8, 4) is 5.88 Å². The molecular formula is C21H26ClN3O2. The molecule has 0 N–H and O–H groups in total. The zero-order chi connectivity index (χ0) is 19.2. The average molecular weight is 388 g/mol. The molecule has 0 spiro atoms. The fraction of sp³-hybridized carbons (Fsp3) is 0.476. The number of benzene rings is 1. The van der Waals surface area contributed by atoms with E-state index >= 15 is 0 Å². The average Bonchev–Trinajstić information content (AvgIpc) is 3.12. The maximum Gasteiger partial charge on any atom is 0.226 e. The molecule has 1 aromatic heterocycles. The van der Waals surface area contributed by atoms with E-state index in [9.17, 15) is 4.79 Å². The number of unbranched alkanes of at least 4 members (excludes halogenated alkanes) is 2. The molecule has 1 aromatic carbocycles. The van der Waals surface area contributed by atoms with E-state index in [0.29, 0.717) is 12.3 Å². The molecule has 2 unspecified atom stereocenters. The van der Waals surface area contributed by atoms with E-state index in [1.54, 1.807) is 0 Å². The number of nitrogens with zero attached hydrogens (tertiary/aromatic N) is 3. The van der Waals surface area contributed by atoms with Crippen LogP contribution in [0.4, 0.5) is 0 Å². The molecule has 0 aliphatic heterocycles. The number of rotatable bonds is 8. The summed E-state index contributed by atoms with van der Waals surface area (Å²) in [6, 6.07) is 7.65. The summed E-state index contributed by atoms with van der Waals surface area (Å²) in [5, 5.41) is 1.02. The van der Waals surface area contributed by atoms with Crippen molar-refractivity contribution >= 4 is 28.4 Å². The zero-order valence-corrected chi connectivity index (χ0v) is 16.5. The summed E-state index contributed by atoms with van der Waals surface area (Å²) in [5.41, 5.74) is 0.761. The Bertz CT molecular complexity index is 811. The van der Waals surface area contributed by atoms with E-state index < -0.39 is 0 Å². The van der Waals surface area contributed by atoms with Gasteiger partial charge in [-0.15, -0.1) is 6.58 Å². The summed E-state index contributed by atoms with van der Waals surface area (Å²) in [4.78, 5) is 23.0. The lowest BCUT2D eigenvalue weighted by Gasteiger charge is -2.21. The van der Waals surface area contributed by atoms with Crippen LogP contribution >= 0.6 is 11.6 Å². The van der Waals surface area contributed by atoms with Crippen molar-refractivity contribution in [1.29, 1.82) is 0 Å². The highest BCUT2D eigenvalue weighted by molar-refractivity contribution is 6.28. The first-order valence-corrected chi connectivity index (χ1v) is 9.91. The highest BCUT2D eigenvalue weighted by atomic mass is 35.5. The van der Waals surface area contributed by atoms with Crippen molar-refractivity contribution in [3.05, 3.63) is 42.2 Å². The molecule has 6 heteroatoms. The number of carbonyl (C=O) groups excluding carboxylic acids is 1. The first-order valence-electron chi connectivity index (χ1n) is 9.53. The molecule has 144 valence electrons. The standard InChI is InChI=1S/C21H26ClN3O2/c1-3-4-5-8-13-25(2)20(26)15-11-12-16(14-15)27-19-17-9-6-7-10-18(17)23-21(22)24-19/h3,6-7,9-10,15-16H,1,4-5,8,11-14H2,2H3. The molecule has 0 radical (unpaired) electrons. The van der Waals surface area contributed by atoms with Gasteiger partial charge in [0.25, 0.3) is 0 Å². The molecule has 3 rings (SSSR count). The molecule has 2 atom stereocenters. The quantitative estimate of drug-likeness (QED) is 0.376. The SMILES string of the molecule is C=CCCCCN(C)C(=O)C1CCC(Oc2nc(Cl)nc3ccccc23)C1. The summed E-state index contributed by atoms with van der Waals surface area (Å²) >= 11 is 6.03. The van der Waals surface area contributed by atoms with Crippen LogP contribution in [-0.2, 0) is 4.79 Å². The summed E-state index contributed by atoms with van der Waals surface area (Å²) in [6.07, 6.45) is 7.37. The highest BCUT2D eigenvalue weighted by Gasteiger charge is 2.33. The van der Waals surface area contributed by atoms with Gasteiger partial charge in [-0.1, -0.05) is 18.2 Å². The minimum atomic E-state index is -0.0255. The van der Waals surface area contributed by atoms with E-state index in [0.717, 1.165) is 49.6 Å². The maximum atomic E-state index is 12.7. The normalized spacial score (nSPS) is 19.2. The van der Waals surface area contributed by atoms with Gasteiger partial charge in [-0.3, -0.25) is 4.79 Å². The lowest BCUT2D eigenvalue weighted by atomic mass is 10.1. The second-order valence-corrected chi connectivity index (χ2v) is 7.45. The highest BCUT2D eigenvalue weighted by Crippen LogP contribution is 2.32. The van der Waals surface area contributed by atoms with Gasteiger partial charge in [0.2, 0.25) is 17.1 Å². The topological polar surface area (TPSA) is 55.3 Å². The number of amides is 1. The molecular weight excluding hydrogens is 362 g/mol. The second kappa shape index (κ2) is 9.18. The molecule has 1 aliphatic rings. The molecule has 2 aromatic rings. The van der Waals surface area contributed by atoms with Crippen LogP contribution in [0, 0.1) is 5.92 Å². The van der Waals surface area contributed by atoms with Gasteiger partial charge in [0.15, 0.2) is 0 Å². The van der Waals surface area contributed by atoms with E-state index in [-0.39, 0.29) is 23.2 Å². The number of hydrogen-bond acceptors (Lipinski definition) is 4. The van der Waals surface area contributed by atoms with Crippen LogP contribution in [0.3, 0.4) is 0 Å². The lowest BCUT2D eigenvalue weighted by molar-refractivity contribution is -0.134. The van der Waals surface area contributed by atoms with Gasteiger partial charge >= 0.3 is 0 Å². The van der Waals surface area contributed by atoms with Gasteiger partial charge in [-0.05, 0) is 62.3 Å². The predicted molar refractivity (Wildman–Crippen MR) is 108 cm³/mol. The minimum absolute atomic E-state index is 0.0166. The Labute approximate surface area is 165 Å². The van der Waals surface area contributed by atoms with Crippen molar-refractivity contribution in [1.82, 2.24) is 14.9 Å². The molecule has 1 saturated carbocycles. The number of carbonyl (C=O) groups is 1. The van der Waals surface area contributed by atoms with Crippen molar-refractivity contribution in [3.63, 3.8) is 0 Å². The third kappa shape index (κ3) is 4.98. The molecule has 5 nitrogen and oxygen atoms in total. The zero-order valence-electron chi connectivity index (χ0n) is 15.7. The number of ether oxygens (including phenoxy) is 1. The largest absolute Gasteiger partial charge is 0.474 e. The third-order valence-electron chi connectivity index (χ3n) is 5.08. The van der Waals surface area contributed by atoms with Gasteiger partial charge in [-0.2, -0.15) is 4.98 Å². The predicted octanol–water partition coefficient (Wildman–Crippen LogP) is 4.65. The Morgan fingerprint density at radius 1 is 1.33 bits per heavy atom. The van der Waals surface area contributed by atoms with Crippen molar-refractivity contribution < 1.29 is 9.53 Å². The van der Waals surface area contributed by atoms with Crippen molar-refractivity contribution in [2.45, 2.75) is 44.6 Å². The maximum absolute atomic E-state index is 12.7. The Kier molecular flexibility index (Phi) is 6.67. The smallest absolute Gasteiger partial charge is 0.226 e. The van der Waals surface area contributed by atoms with Crippen LogP contribution in [-0.4, -0.2) is 40.5 Å². The summed E-state index contributed by atoms with van der Waals surface area (Å²) < 4.78 is 6.13. The second-order valence-electron chi connectivity index (χ2n) is 7.11. The van der Waals surface area contributed by atoms with Crippen molar-refractivity contribution in [2.24, 2.45) is 5.92 Å². The number of allylic oxidation sites excluding steroid dienone is 1. The van der Waals surface area contributed by atoms with Gasteiger partial charge in [0, 0.05) is 19.5 Å². The van der Waals surface area contributed by atoms with Crippen LogP contribution in [0.2, 0.25) is 5.28 Å². The molecule has 27 heavy (non-hydrogen) atoms. The molecule has 1 amide bonds. The van der Waals surface area contributed by atoms with E-state index in [4.69, 9.17) is 16.3 Å². The Hall–Kier alpha value is -2.14. The van der Waals surface area contributed by atoms with E-state index in [1.807, 2.05) is 42.3 Å². The Morgan fingerprint density at radius 2 is 2.15 bits per heavy atom. The fourth-order valence-electron chi connectivity index (χ4n) is 3.60. The number of fused-ring (bicyclic) bond motifs is 1. The molecule has 1 aliphatic carbocycles. The first kappa shape index (κ1) is 19.6.